The van der Waals surface area contributed by atoms with E-state index in [1.54, 1.807) is 13.0 Å². The fourth-order valence-electron chi connectivity index (χ4n) is 1.03. The van der Waals surface area contributed by atoms with Crippen molar-refractivity contribution in [3.8, 4) is 0 Å². The normalized spacial score (nSPS) is 11.9. The zero-order chi connectivity index (χ0) is 10.1. The Bertz CT molecular complexity index is 394. The summed E-state index contributed by atoms with van der Waals surface area (Å²) in [6.07, 6.45) is 0. The number of hydrogen-bond donors (Lipinski definition) is 1. The van der Waals surface area contributed by atoms with Crippen LogP contribution in [0.2, 0.25) is 0 Å². The molecule has 0 saturated heterocycles. The molecule has 0 bridgehead atoms. The Hall–Kier alpha value is -0.430. The first-order valence-corrected chi connectivity index (χ1v) is 5.89. The van der Waals surface area contributed by atoms with Crippen LogP contribution in [0.15, 0.2) is 11.0 Å². The van der Waals surface area contributed by atoms with Gasteiger partial charge in [0.2, 0.25) is 0 Å². The second-order valence-corrected chi connectivity index (χ2v) is 5.64. The SMILES string of the molecule is CONS(=O)(=O)c1cc(C)sc1C. The number of aryl methyl sites for hydroxylation is 2. The maximum absolute atomic E-state index is 11.4. The molecule has 0 aromatic carbocycles. The lowest BCUT2D eigenvalue weighted by Gasteiger charge is -2.01. The molecular formula is C7H11NO3S2. The van der Waals surface area contributed by atoms with E-state index in [0.717, 1.165) is 9.75 Å². The Morgan fingerprint density at radius 2 is 2.08 bits per heavy atom. The topological polar surface area (TPSA) is 55.4 Å². The second-order valence-electron chi connectivity index (χ2n) is 2.57. The van der Waals surface area contributed by atoms with Crippen LogP contribution in [-0.4, -0.2) is 15.5 Å². The largest absolute Gasteiger partial charge is 0.290 e. The van der Waals surface area contributed by atoms with Gasteiger partial charge in [0.25, 0.3) is 10.0 Å². The summed E-state index contributed by atoms with van der Waals surface area (Å²) in [6.45, 7) is 3.63. The maximum atomic E-state index is 11.4. The van der Waals surface area contributed by atoms with Crippen molar-refractivity contribution in [2.75, 3.05) is 7.11 Å². The van der Waals surface area contributed by atoms with Gasteiger partial charge >= 0.3 is 0 Å². The highest BCUT2D eigenvalue weighted by atomic mass is 32.2. The molecule has 13 heavy (non-hydrogen) atoms. The lowest BCUT2D eigenvalue weighted by atomic mass is 10.4. The Morgan fingerprint density at radius 3 is 2.46 bits per heavy atom. The van der Waals surface area contributed by atoms with Gasteiger partial charge in [-0.05, 0) is 19.9 Å². The molecule has 0 saturated carbocycles. The second kappa shape index (κ2) is 3.75. The first-order valence-electron chi connectivity index (χ1n) is 3.59. The fourth-order valence-corrected chi connectivity index (χ4v) is 3.40. The van der Waals surface area contributed by atoms with Gasteiger partial charge in [0.05, 0.1) is 12.0 Å². The van der Waals surface area contributed by atoms with Crippen molar-refractivity contribution >= 4 is 21.4 Å². The van der Waals surface area contributed by atoms with Crippen molar-refractivity contribution in [2.45, 2.75) is 18.7 Å². The quantitative estimate of drug-likeness (QED) is 0.780. The molecule has 0 fully saturated rings. The van der Waals surface area contributed by atoms with Crippen molar-refractivity contribution in [3.05, 3.63) is 15.8 Å². The van der Waals surface area contributed by atoms with Crippen molar-refractivity contribution in [3.63, 3.8) is 0 Å². The minimum atomic E-state index is -3.48. The zero-order valence-corrected chi connectivity index (χ0v) is 9.25. The van der Waals surface area contributed by atoms with Gasteiger partial charge in [-0.1, -0.05) is 4.89 Å². The van der Waals surface area contributed by atoms with Crippen LogP contribution in [0.5, 0.6) is 0 Å². The molecule has 1 aromatic heterocycles. The summed E-state index contributed by atoms with van der Waals surface area (Å²) in [4.78, 5) is 8.38. The van der Waals surface area contributed by atoms with Crippen LogP contribution < -0.4 is 4.89 Å². The van der Waals surface area contributed by atoms with Crippen LogP contribution >= 0.6 is 11.3 Å². The monoisotopic (exact) mass is 221 g/mol. The molecule has 0 aliphatic heterocycles. The molecule has 0 spiro atoms. The van der Waals surface area contributed by atoms with Gasteiger partial charge in [0, 0.05) is 9.75 Å². The van der Waals surface area contributed by atoms with E-state index in [-0.39, 0.29) is 4.90 Å². The molecule has 4 nitrogen and oxygen atoms in total. The maximum Gasteiger partial charge on any atom is 0.263 e. The van der Waals surface area contributed by atoms with Crippen LogP contribution in [0.1, 0.15) is 9.75 Å². The molecule has 1 aromatic rings. The molecule has 0 atom stereocenters. The Balaban J connectivity index is 3.14. The highest BCUT2D eigenvalue weighted by Gasteiger charge is 2.18. The van der Waals surface area contributed by atoms with E-state index in [9.17, 15) is 8.42 Å². The van der Waals surface area contributed by atoms with Gasteiger partial charge in [-0.2, -0.15) is 0 Å². The molecule has 74 valence electrons. The fraction of sp³-hybridized carbons (Fsp3) is 0.429. The molecule has 1 N–H and O–H groups in total. The van der Waals surface area contributed by atoms with Crippen molar-refractivity contribution in [2.24, 2.45) is 0 Å². The van der Waals surface area contributed by atoms with E-state index in [4.69, 9.17) is 0 Å². The van der Waals surface area contributed by atoms with Crippen molar-refractivity contribution in [1.29, 1.82) is 0 Å². The summed E-state index contributed by atoms with van der Waals surface area (Å²) < 4.78 is 22.9. The molecule has 1 rings (SSSR count). The molecule has 0 amide bonds. The summed E-state index contributed by atoms with van der Waals surface area (Å²) >= 11 is 1.45. The average molecular weight is 221 g/mol. The minimum absolute atomic E-state index is 0.289. The van der Waals surface area contributed by atoms with Crippen LogP contribution in [0.4, 0.5) is 0 Å². The third-order valence-corrected chi connectivity index (χ3v) is 3.96. The lowest BCUT2D eigenvalue weighted by molar-refractivity contribution is 0.153. The van der Waals surface area contributed by atoms with Crippen molar-refractivity contribution in [1.82, 2.24) is 4.89 Å². The molecule has 0 unspecified atom stereocenters. The van der Waals surface area contributed by atoms with Crippen molar-refractivity contribution < 1.29 is 13.3 Å². The molecule has 6 heteroatoms. The van der Waals surface area contributed by atoms with Gasteiger partial charge in [-0.25, -0.2) is 8.42 Å². The highest BCUT2D eigenvalue weighted by Crippen LogP contribution is 2.24. The first-order chi connectivity index (χ1) is 5.97. The predicted molar refractivity (Wildman–Crippen MR) is 51.1 cm³/mol. The van der Waals surface area contributed by atoms with Gasteiger partial charge in [-0.15, -0.1) is 11.3 Å². The third-order valence-electron chi connectivity index (χ3n) is 1.48. The van der Waals surface area contributed by atoms with Crippen LogP contribution in [-0.2, 0) is 14.9 Å². The van der Waals surface area contributed by atoms with Gasteiger partial charge < -0.3 is 0 Å². The number of thiophene rings is 1. The van der Waals surface area contributed by atoms with E-state index in [1.807, 2.05) is 11.8 Å². The molecule has 0 radical (unpaired) electrons. The minimum Gasteiger partial charge on any atom is -0.290 e. The summed E-state index contributed by atoms with van der Waals surface area (Å²) in [7, 11) is -2.21. The average Bonchev–Trinajstić information content (AvgIpc) is 2.30. The predicted octanol–water partition coefficient (Wildman–Crippen LogP) is 1.20. The Kier molecular flexibility index (Phi) is 3.07. The molecule has 0 aliphatic rings. The Morgan fingerprint density at radius 1 is 1.46 bits per heavy atom. The van der Waals surface area contributed by atoms with E-state index < -0.39 is 10.0 Å². The third kappa shape index (κ3) is 2.28. The van der Waals surface area contributed by atoms with Gasteiger partial charge in [0.15, 0.2) is 0 Å². The smallest absolute Gasteiger partial charge is 0.263 e. The van der Waals surface area contributed by atoms with Gasteiger partial charge in [-0.3, -0.25) is 4.84 Å². The van der Waals surface area contributed by atoms with E-state index in [1.165, 1.54) is 18.4 Å². The summed E-state index contributed by atoms with van der Waals surface area (Å²) in [6, 6.07) is 1.63. The molecular weight excluding hydrogens is 210 g/mol. The zero-order valence-electron chi connectivity index (χ0n) is 7.62. The van der Waals surface area contributed by atoms with Crippen LogP contribution in [0, 0.1) is 13.8 Å². The highest BCUT2D eigenvalue weighted by molar-refractivity contribution is 7.89. The van der Waals surface area contributed by atoms with Crippen LogP contribution in [0.3, 0.4) is 0 Å². The van der Waals surface area contributed by atoms with E-state index >= 15 is 0 Å². The summed E-state index contributed by atoms with van der Waals surface area (Å²) in [5, 5.41) is 0. The van der Waals surface area contributed by atoms with Crippen LogP contribution in [0.25, 0.3) is 0 Å². The van der Waals surface area contributed by atoms with E-state index in [2.05, 4.69) is 4.84 Å². The Labute approximate surface area is 81.5 Å². The molecule has 0 aliphatic carbocycles. The summed E-state index contributed by atoms with van der Waals surface area (Å²) in [5.41, 5.74) is 0. The lowest BCUT2D eigenvalue weighted by Crippen LogP contribution is -2.22. The molecule has 1 heterocycles. The van der Waals surface area contributed by atoms with Gasteiger partial charge in [0.1, 0.15) is 0 Å². The standard InChI is InChI=1S/C7H11NO3S2/c1-5-4-7(6(2)12-5)13(9,10)8-11-3/h4,8H,1-3H3. The number of sulfonamides is 1. The number of nitrogens with one attached hydrogen (secondary N) is 1. The number of hydrogen-bond acceptors (Lipinski definition) is 4. The summed E-state index contributed by atoms with van der Waals surface area (Å²) in [5.74, 6) is 0. The first kappa shape index (κ1) is 10.6. The van der Waals surface area contributed by atoms with E-state index in [0.29, 0.717) is 0 Å². The number of rotatable bonds is 3.